The molecule has 0 saturated heterocycles. The molecule has 0 unspecified atom stereocenters. The lowest BCUT2D eigenvalue weighted by Gasteiger charge is -2.16. The number of aliphatic hydroxyl groups excluding tert-OH is 2. The number of carbonyl (C=O) groups is 2. The molecule has 0 aliphatic rings. The number of alkyl halides is 3. The van der Waals surface area contributed by atoms with E-state index in [0.717, 1.165) is 64.5 Å². The molecule has 0 amide bonds. The number of hydrogen-bond acceptors (Lipinski definition) is 8. The highest BCUT2D eigenvalue weighted by Crippen LogP contribution is 2.34. The molecule has 11 heteroatoms. The number of aliphatic hydroxyl groups is 2. The number of halogens is 3. The lowest BCUT2D eigenvalue weighted by molar-refractivity contribution is -0.140. The van der Waals surface area contributed by atoms with Gasteiger partial charge in [-0.15, -0.1) is 6.58 Å². The Balaban J connectivity index is 0.00000177. The van der Waals surface area contributed by atoms with Gasteiger partial charge in [0.05, 0.1) is 25.4 Å². The number of rotatable bonds is 19. The van der Waals surface area contributed by atoms with Crippen LogP contribution in [0.5, 0.6) is 11.5 Å². The summed E-state index contributed by atoms with van der Waals surface area (Å²) in [5, 5.41) is 16.8. The highest BCUT2D eigenvalue weighted by Gasteiger charge is 2.25. The second kappa shape index (κ2) is 25.5. The second-order valence-electron chi connectivity index (χ2n) is 11.5. The van der Waals surface area contributed by atoms with Crippen molar-refractivity contribution in [2.75, 3.05) is 46.8 Å². The van der Waals surface area contributed by atoms with Gasteiger partial charge in [0.1, 0.15) is 37.6 Å². The van der Waals surface area contributed by atoms with Gasteiger partial charge in [-0.3, -0.25) is 0 Å². The number of aryl methyl sites for hydroxylation is 3. The molecule has 0 aliphatic heterocycles. The van der Waals surface area contributed by atoms with Crippen LogP contribution in [0.15, 0.2) is 79.4 Å². The molecule has 0 bridgehead atoms. The van der Waals surface area contributed by atoms with Crippen LogP contribution < -0.4 is 9.47 Å². The van der Waals surface area contributed by atoms with Crippen molar-refractivity contribution in [2.45, 2.75) is 65.5 Å². The number of esters is 1. The molecule has 0 atom stereocenters. The average molecular weight is 731 g/mol. The van der Waals surface area contributed by atoms with Crippen molar-refractivity contribution >= 4 is 12.3 Å². The van der Waals surface area contributed by atoms with Gasteiger partial charge in [0.2, 0.25) is 0 Å². The lowest BCUT2D eigenvalue weighted by Crippen LogP contribution is -2.15. The number of carbonyl (C=O) groups excluding carboxylic acids is 2. The Kier molecular flexibility index (Phi) is 22.3. The monoisotopic (exact) mass is 730 g/mol. The molecule has 0 heterocycles. The van der Waals surface area contributed by atoms with Gasteiger partial charge in [-0.1, -0.05) is 62.4 Å². The van der Waals surface area contributed by atoms with E-state index in [2.05, 4.69) is 63.4 Å². The summed E-state index contributed by atoms with van der Waals surface area (Å²) in [5.74, 6) is 0.482. The van der Waals surface area contributed by atoms with Crippen molar-refractivity contribution in [3.63, 3.8) is 0 Å². The fourth-order valence-corrected chi connectivity index (χ4v) is 4.92. The molecule has 0 fully saturated rings. The van der Waals surface area contributed by atoms with Gasteiger partial charge in [0, 0.05) is 19.6 Å². The highest BCUT2D eigenvalue weighted by atomic mass is 19.4. The molecular formula is C41H53F3O8. The molecule has 0 radical (unpaired) electrons. The molecule has 3 aromatic rings. The van der Waals surface area contributed by atoms with Gasteiger partial charge in [0.25, 0.3) is 0 Å². The summed E-state index contributed by atoms with van der Waals surface area (Å²) in [7, 11) is 1.60. The van der Waals surface area contributed by atoms with Gasteiger partial charge in [-0.2, -0.15) is 13.2 Å². The summed E-state index contributed by atoms with van der Waals surface area (Å²) in [6.07, 6.45) is 0.395. The SMILES string of the molecule is C=C(CO)C(=O)OCCOc1cc(OCCOC)cc(-c2ccc(-c3ccc(CCCCCC(F)(F)F)c(C)c3)c(CC)c2)c1.C=CCO.CC=O. The highest BCUT2D eigenvalue weighted by molar-refractivity contribution is 5.87. The predicted octanol–water partition coefficient (Wildman–Crippen LogP) is 8.42. The Morgan fingerprint density at radius 3 is 2.00 bits per heavy atom. The Morgan fingerprint density at radius 2 is 1.46 bits per heavy atom. The number of aldehydes is 1. The number of unbranched alkanes of at least 4 members (excludes halogenated alkanes) is 2. The average Bonchev–Trinajstić information content (AvgIpc) is 3.13. The zero-order valence-electron chi connectivity index (χ0n) is 30.7. The summed E-state index contributed by atoms with van der Waals surface area (Å²) in [6, 6.07) is 18.2. The smallest absolute Gasteiger partial charge is 0.389 e. The van der Waals surface area contributed by atoms with Crippen molar-refractivity contribution in [1.82, 2.24) is 0 Å². The Bertz CT molecular complexity index is 1530. The van der Waals surface area contributed by atoms with E-state index >= 15 is 0 Å². The number of ether oxygens (including phenoxy) is 4. The summed E-state index contributed by atoms with van der Waals surface area (Å²) in [5.41, 5.74) is 7.52. The van der Waals surface area contributed by atoms with Crippen LogP contribution in [0.1, 0.15) is 56.2 Å². The first-order chi connectivity index (χ1) is 24.9. The Labute approximate surface area is 305 Å². The van der Waals surface area contributed by atoms with Crippen molar-refractivity contribution in [3.8, 4) is 33.8 Å². The van der Waals surface area contributed by atoms with Crippen LogP contribution in [0.2, 0.25) is 0 Å². The first-order valence-corrected chi connectivity index (χ1v) is 17.1. The quantitative estimate of drug-likeness (QED) is 0.0416. The topological polar surface area (TPSA) is 112 Å². The molecule has 0 saturated carbocycles. The summed E-state index contributed by atoms with van der Waals surface area (Å²) < 4.78 is 59.2. The Morgan fingerprint density at radius 1 is 0.846 bits per heavy atom. The third-order valence-corrected chi connectivity index (χ3v) is 7.51. The van der Waals surface area contributed by atoms with Crippen LogP contribution in [-0.2, 0) is 31.9 Å². The molecule has 0 aliphatic carbocycles. The maximum absolute atomic E-state index is 12.4. The standard InChI is InChI=1S/C36H43F3O6.C3H6O.C2H4O/c1-5-27-20-29(12-13-34(27)30-11-10-28(25(2)19-30)9-7-6-8-14-36(37,38)39)31-21-32(43-16-15-42-4)23-33(22-31)44-17-18-45-35(41)26(3)24-40;1-2-3-4;1-2-3/h10-13,19-23,40H,3,5-9,14-18,24H2,1-2,4H3;2,4H,1,3H2;2H,1H3. The van der Waals surface area contributed by atoms with E-state index in [1.165, 1.54) is 13.0 Å². The van der Waals surface area contributed by atoms with E-state index in [-0.39, 0.29) is 31.8 Å². The Hall–Kier alpha value is -4.45. The van der Waals surface area contributed by atoms with Crippen LogP contribution in [-0.4, -0.2) is 75.4 Å². The molecule has 3 rings (SSSR count). The van der Waals surface area contributed by atoms with E-state index in [1.807, 2.05) is 12.1 Å². The molecule has 3 aromatic carbocycles. The minimum absolute atomic E-state index is 0.00705. The van der Waals surface area contributed by atoms with Crippen LogP contribution in [0, 0.1) is 6.92 Å². The maximum Gasteiger partial charge on any atom is 0.389 e. The first-order valence-electron chi connectivity index (χ1n) is 17.1. The van der Waals surface area contributed by atoms with Crippen molar-refractivity contribution < 1.29 is 51.9 Å². The van der Waals surface area contributed by atoms with Crippen molar-refractivity contribution in [2.24, 2.45) is 0 Å². The molecule has 2 N–H and O–H groups in total. The fraction of sp³-hybridized carbons (Fsp3) is 0.415. The normalized spacial score (nSPS) is 10.6. The molecular weight excluding hydrogens is 677 g/mol. The minimum atomic E-state index is -4.09. The largest absolute Gasteiger partial charge is 0.491 e. The lowest BCUT2D eigenvalue weighted by atomic mass is 9.91. The van der Waals surface area contributed by atoms with Gasteiger partial charge >= 0.3 is 12.1 Å². The third-order valence-electron chi connectivity index (χ3n) is 7.51. The number of benzene rings is 3. The van der Waals surface area contributed by atoms with E-state index in [9.17, 15) is 18.0 Å². The summed E-state index contributed by atoms with van der Waals surface area (Å²) in [6.45, 7) is 12.8. The van der Waals surface area contributed by atoms with Crippen LogP contribution >= 0.6 is 0 Å². The molecule has 0 aromatic heterocycles. The first kappa shape index (κ1) is 45.6. The zero-order valence-corrected chi connectivity index (χ0v) is 30.7. The van der Waals surface area contributed by atoms with Crippen molar-refractivity contribution in [1.29, 1.82) is 0 Å². The van der Waals surface area contributed by atoms with Gasteiger partial charge < -0.3 is 34.0 Å². The van der Waals surface area contributed by atoms with Crippen molar-refractivity contribution in [3.05, 3.63) is 96.1 Å². The predicted molar refractivity (Wildman–Crippen MR) is 199 cm³/mol. The van der Waals surface area contributed by atoms with Gasteiger partial charge in [0.15, 0.2) is 0 Å². The fourth-order valence-electron chi connectivity index (χ4n) is 4.92. The molecule has 52 heavy (non-hydrogen) atoms. The van der Waals surface area contributed by atoms with E-state index in [4.69, 9.17) is 34.0 Å². The van der Waals surface area contributed by atoms with Crippen LogP contribution in [0.25, 0.3) is 22.3 Å². The second-order valence-corrected chi connectivity index (χ2v) is 11.5. The van der Waals surface area contributed by atoms with Gasteiger partial charge in [-0.05, 0) is 90.6 Å². The maximum atomic E-state index is 12.4. The summed E-state index contributed by atoms with van der Waals surface area (Å²) in [4.78, 5) is 20.5. The van der Waals surface area contributed by atoms with E-state index in [0.29, 0.717) is 31.1 Å². The van der Waals surface area contributed by atoms with E-state index in [1.54, 1.807) is 13.2 Å². The van der Waals surface area contributed by atoms with E-state index < -0.39 is 25.2 Å². The molecule has 286 valence electrons. The molecule has 0 spiro atoms. The molecule has 8 nitrogen and oxygen atoms in total. The van der Waals surface area contributed by atoms with Gasteiger partial charge in [-0.25, -0.2) is 4.79 Å². The van der Waals surface area contributed by atoms with Crippen LogP contribution in [0.4, 0.5) is 13.2 Å². The zero-order chi connectivity index (χ0) is 38.9. The van der Waals surface area contributed by atoms with Crippen LogP contribution in [0.3, 0.4) is 0 Å². The minimum Gasteiger partial charge on any atom is -0.491 e. The third kappa shape index (κ3) is 17.7. The summed E-state index contributed by atoms with van der Waals surface area (Å²) >= 11 is 0. The number of methoxy groups -OCH3 is 1. The number of hydrogen-bond donors (Lipinski definition) is 2.